The molecule has 30 heavy (non-hydrogen) atoms. The Bertz CT molecular complexity index is 1220. The van der Waals surface area contributed by atoms with Crippen molar-refractivity contribution in [3.05, 3.63) is 42.5 Å². The van der Waals surface area contributed by atoms with E-state index >= 15 is 0 Å². The summed E-state index contributed by atoms with van der Waals surface area (Å²) in [5, 5.41) is 18.0. The highest BCUT2D eigenvalue weighted by molar-refractivity contribution is 7.92. The molecule has 1 aromatic heterocycles. The number of methoxy groups -OCH3 is 2. The second-order valence-corrected chi connectivity index (χ2v) is 8.18. The molecule has 0 radical (unpaired) electrons. The number of nitrogens with one attached hydrogen (secondary N) is 1. The van der Waals surface area contributed by atoms with E-state index in [2.05, 4.69) is 15.2 Å². The number of carbonyl (C=O) groups is 1. The summed E-state index contributed by atoms with van der Waals surface area (Å²) in [5.74, 6) is -0.463. The Morgan fingerprint density at radius 1 is 1.17 bits per heavy atom. The summed E-state index contributed by atoms with van der Waals surface area (Å²) in [6.07, 6.45) is 0.960. The van der Waals surface area contributed by atoms with Gasteiger partial charge in [-0.2, -0.15) is 0 Å². The number of para-hydroxylation sites is 1. The fourth-order valence-corrected chi connectivity index (χ4v) is 3.69. The van der Waals surface area contributed by atoms with Gasteiger partial charge < -0.3 is 19.6 Å². The smallest absolute Gasteiger partial charge is 0.285 e. The van der Waals surface area contributed by atoms with Crippen LogP contribution in [-0.4, -0.2) is 51.4 Å². The quantitative estimate of drug-likeness (QED) is 0.551. The maximum atomic E-state index is 12.4. The van der Waals surface area contributed by atoms with Crippen LogP contribution in [0.3, 0.4) is 0 Å². The van der Waals surface area contributed by atoms with Crippen molar-refractivity contribution in [3.63, 3.8) is 0 Å². The zero-order valence-electron chi connectivity index (χ0n) is 16.5. The number of nitrogens with zero attached hydrogens (tertiary/aromatic N) is 3. The Hall–Kier alpha value is -3.60. The first kappa shape index (κ1) is 21.1. The van der Waals surface area contributed by atoms with Gasteiger partial charge in [0, 0.05) is 11.5 Å². The fourth-order valence-electron chi connectivity index (χ4n) is 2.85. The largest absolute Gasteiger partial charge is 0.497 e. The zero-order valence-corrected chi connectivity index (χ0v) is 17.3. The summed E-state index contributed by atoms with van der Waals surface area (Å²) in [7, 11) is -1.05. The summed E-state index contributed by atoms with van der Waals surface area (Å²) in [6, 6.07) is 11.5. The average molecular weight is 432 g/mol. The topological polar surface area (TPSA) is 134 Å². The van der Waals surface area contributed by atoms with E-state index in [4.69, 9.17) is 9.47 Å². The lowest BCUT2D eigenvalue weighted by atomic mass is 10.2. The Labute approximate surface area is 172 Å². The molecule has 0 unspecified atom stereocenters. The number of aromatic nitrogens is 1. The number of H-pyrrole nitrogens is 1. The molecule has 11 heteroatoms. The molecule has 0 saturated carbocycles. The molecule has 158 valence electrons. The molecule has 0 aliphatic rings. The Morgan fingerprint density at radius 3 is 2.57 bits per heavy atom. The van der Waals surface area contributed by atoms with Crippen molar-refractivity contribution in [3.8, 4) is 17.4 Å². The third-order valence-corrected chi connectivity index (χ3v) is 5.38. The minimum Gasteiger partial charge on any atom is -0.497 e. The number of aromatic hydroxyl groups is 1. The van der Waals surface area contributed by atoms with Gasteiger partial charge in [0.2, 0.25) is 15.9 Å². The van der Waals surface area contributed by atoms with Gasteiger partial charge in [-0.1, -0.05) is 18.2 Å². The van der Waals surface area contributed by atoms with Crippen molar-refractivity contribution in [1.29, 1.82) is 0 Å². The van der Waals surface area contributed by atoms with Gasteiger partial charge in [-0.15, -0.1) is 10.2 Å². The molecule has 0 bridgehead atoms. The monoisotopic (exact) mass is 432 g/mol. The standard InChI is InChI=1S/C19H20N4O6S/c1-28-12-8-9-16(29-2)15(10-12)23(30(3,26)27)11-17(24)21-22-18-13-6-4-5-7-14(13)20-19(18)25/h4-10,20,25H,11H2,1-3H3. The van der Waals surface area contributed by atoms with Crippen LogP contribution in [0.2, 0.25) is 0 Å². The van der Waals surface area contributed by atoms with Crippen LogP contribution < -0.4 is 13.8 Å². The lowest BCUT2D eigenvalue weighted by Gasteiger charge is -2.23. The third-order valence-electron chi connectivity index (χ3n) is 4.26. The van der Waals surface area contributed by atoms with Crippen molar-refractivity contribution < 1.29 is 27.8 Å². The molecule has 0 aliphatic heterocycles. The van der Waals surface area contributed by atoms with E-state index in [0.29, 0.717) is 16.7 Å². The van der Waals surface area contributed by atoms with Gasteiger partial charge in [-0.25, -0.2) is 8.42 Å². The first-order chi connectivity index (χ1) is 14.2. The van der Waals surface area contributed by atoms with E-state index in [-0.39, 0.29) is 23.0 Å². The molecule has 10 nitrogen and oxygen atoms in total. The number of hydrogen-bond acceptors (Lipinski definition) is 7. The Balaban J connectivity index is 1.92. The number of benzene rings is 2. The van der Waals surface area contributed by atoms with Gasteiger partial charge in [-0.3, -0.25) is 9.10 Å². The Kier molecular flexibility index (Phi) is 5.92. The molecule has 3 rings (SSSR count). The lowest BCUT2D eigenvalue weighted by Crippen LogP contribution is -2.34. The molecule has 0 spiro atoms. The molecular weight excluding hydrogens is 412 g/mol. The van der Waals surface area contributed by atoms with E-state index in [1.165, 1.54) is 26.4 Å². The molecule has 0 aliphatic carbocycles. The number of carbonyl (C=O) groups excluding carboxylic acids is 1. The van der Waals surface area contributed by atoms with Crippen molar-refractivity contribution in [2.24, 2.45) is 10.2 Å². The van der Waals surface area contributed by atoms with E-state index in [9.17, 15) is 18.3 Å². The second kappa shape index (κ2) is 8.41. The molecule has 2 aromatic carbocycles. The van der Waals surface area contributed by atoms with Crippen molar-refractivity contribution in [2.45, 2.75) is 0 Å². The number of sulfonamides is 1. The van der Waals surface area contributed by atoms with Crippen LogP contribution in [0.5, 0.6) is 17.4 Å². The van der Waals surface area contributed by atoms with E-state index < -0.39 is 22.5 Å². The van der Waals surface area contributed by atoms with E-state index in [1.807, 2.05) is 0 Å². The number of aromatic amines is 1. The van der Waals surface area contributed by atoms with E-state index in [1.54, 1.807) is 30.3 Å². The first-order valence-electron chi connectivity index (χ1n) is 8.68. The minimum atomic E-state index is -3.87. The number of rotatable bonds is 7. The SMILES string of the molecule is COc1ccc(OC)c(N(CC(=O)N=Nc2c(O)[nH]c3ccccc23)S(C)(=O)=O)c1. The number of ether oxygens (including phenoxy) is 2. The highest BCUT2D eigenvalue weighted by Crippen LogP contribution is 2.36. The summed E-state index contributed by atoms with van der Waals surface area (Å²) in [4.78, 5) is 15.2. The molecule has 1 heterocycles. The van der Waals surface area contributed by atoms with Crippen LogP contribution >= 0.6 is 0 Å². The summed E-state index contributed by atoms with van der Waals surface area (Å²) in [5.41, 5.74) is 0.830. The molecule has 2 N–H and O–H groups in total. The summed E-state index contributed by atoms with van der Waals surface area (Å²) in [6.45, 7) is -0.616. The number of anilines is 1. The second-order valence-electron chi connectivity index (χ2n) is 6.27. The molecular formula is C19H20N4O6S. The van der Waals surface area contributed by atoms with Crippen LogP contribution in [-0.2, 0) is 14.8 Å². The van der Waals surface area contributed by atoms with Crippen molar-refractivity contribution in [2.75, 3.05) is 31.3 Å². The molecule has 0 fully saturated rings. The Morgan fingerprint density at radius 2 is 1.90 bits per heavy atom. The number of hydrogen-bond donors (Lipinski definition) is 2. The van der Waals surface area contributed by atoms with Crippen LogP contribution in [0.4, 0.5) is 11.4 Å². The number of amides is 1. The molecule has 1 amide bonds. The zero-order chi connectivity index (χ0) is 21.9. The van der Waals surface area contributed by atoms with Crippen LogP contribution in [0.1, 0.15) is 0 Å². The highest BCUT2D eigenvalue weighted by atomic mass is 32.2. The van der Waals surface area contributed by atoms with Crippen molar-refractivity contribution in [1.82, 2.24) is 4.98 Å². The minimum absolute atomic E-state index is 0.0869. The molecule has 0 saturated heterocycles. The first-order valence-corrected chi connectivity index (χ1v) is 10.5. The molecule has 0 atom stereocenters. The predicted octanol–water partition coefficient (Wildman–Crippen LogP) is 2.97. The highest BCUT2D eigenvalue weighted by Gasteiger charge is 2.25. The third kappa shape index (κ3) is 4.35. The predicted molar refractivity (Wildman–Crippen MR) is 111 cm³/mol. The lowest BCUT2D eigenvalue weighted by molar-refractivity contribution is -0.116. The van der Waals surface area contributed by atoms with Crippen molar-refractivity contribution >= 4 is 38.2 Å². The number of fused-ring (bicyclic) bond motifs is 1. The van der Waals surface area contributed by atoms with E-state index in [0.717, 1.165) is 10.6 Å². The number of azo groups is 1. The van der Waals surface area contributed by atoms with Gasteiger partial charge in [0.25, 0.3) is 5.91 Å². The van der Waals surface area contributed by atoms with Gasteiger partial charge in [-0.05, 0) is 18.2 Å². The fraction of sp³-hybridized carbons (Fsp3) is 0.211. The van der Waals surface area contributed by atoms with Crippen LogP contribution in [0, 0.1) is 0 Å². The summed E-state index contributed by atoms with van der Waals surface area (Å²) >= 11 is 0. The molecule has 3 aromatic rings. The maximum absolute atomic E-state index is 12.4. The van der Waals surface area contributed by atoms with Crippen LogP contribution in [0.25, 0.3) is 10.9 Å². The maximum Gasteiger partial charge on any atom is 0.285 e. The van der Waals surface area contributed by atoms with Crippen LogP contribution in [0.15, 0.2) is 52.7 Å². The van der Waals surface area contributed by atoms with Gasteiger partial charge >= 0.3 is 0 Å². The van der Waals surface area contributed by atoms with Gasteiger partial charge in [0.15, 0.2) is 5.69 Å². The van der Waals surface area contributed by atoms with Gasteiger partial charge in [0.05, 0.1) is 31.7 Å². The normalized spacial score (nSPS) is 11.7. The summed E-state index contributed by atoms with van der Waals surface area (Å²) < 4.78 is 35.9. The average Bonchev–Trinajstić information content (AvgIpc) is 3.04. The van der Waals surface area contributed by atoms with Gasteiger partial charge in [0.1, 0.15) is 18.0 Å².